The highest BCUT2D eigenvalue weighted by Crippen LogP contribution is 2.26. The van der Waals surface area contributed by atoms with Gasteiger partial charge in [-0.05, 0) is 47.6 Å². The predicted molar refractivity (Wildman–Crippen MR) is 90.0 cm³/mol. The SMILES string of the molecule is CNC(=O)Cc1ccc(NCC2Cc3ccccc3C2)cc1. The van der Waals surface area contributed by atoms with Crippen molar-refractivity contribution in [2.24, 2.45) is 5.92 Å². The first kappa shape index (κ1) is 14.6. The topological polar surface area (TPSA) is 41.1 Å². The number of benzene rings is 2. The fraction of sp³-hybridized carbons (Fsp3) is 0.316. The molecule has 0 aromatic heterocycles. The van der Waals surface area contributed by atoms with E-state index in [1.165, 1.54) is 11.1 Å². The molecule has 0 bridgehead atoms. The Morgan fingerprint density at radius 1 is 1.05 bits per heavy atom. The summed E-state index contributed by atoms with van der Waals surface area (Å²) in [5.74, 6) is 0.715. The lowest BCUT2D eigenvalue weighted by Crippen LogP contribution is -2.19. The van der Waals surface area contributed by atoms with Crippen molar-refractivity contribution < 1.29 is 4.79 Å². The summed E-state index contributed by atoms with van der Waals surface area (Å²) in [6.07, 6.45) is 2.77. The Bertz CT molecular complexity index is 624. The van der Waals surface area contributed by atoms with E-state index in [0.717, 1.165) is 30.6 Å². The van der Waals surface area contributed by atoms with E-state index in [-0.39, 0.29) is 5.91 Å². The van der Waals surface area contributed by atoms with Gasteiger partial charge in [0.15, 0.2) is 0 Å². The van der Waals surface area contributed by atoms with Crippen LogP contribution in [0.4, 0.5) is 5.69 Å². The molecule has 2 N–H and O–H groups in total. The van der Waals surface area contributed by atoms with E-state index in [1.54, 1.807) is 7.05 Å². The molecule has 1 aliphatic carbocycles. The summed E-state index contributed by atoms with van der Waals surface area (Å²) in [5, 5.41) is 6.16. The molecule has 0 saturated carbocycles. The second kappa shape index (κ2) is 6.65. The van der Waals surface area contributed by atoms with Crippen molar-refractivity contribution >= 4 is 11.6 Å². The van der Waals surface area contributed by atoms with Crippen LogP contribution < -0.4 is 10.6 Å². The molecule has 0 unspecified atom stereocenters. The third kappa shape index (κ3) is 3.48. The quantitative estimate of drug-likeness (QED) is 0.890. The second-order valence-electron chi connectivity index (χ2n) is 5.97. The number of hydrogen-bond donors (Lipinski definition) is 2. The van der Waals surface area contributed by atoms with Crippen molar-refractivity contribution in [2.75, 3.05) is 18.9 Å². The summed E-state index contributed by atoms with van der Waals surface area (Å²) < 4.78 is 0. The van der Waals surface area contributed by atoms with Crippen molar-refractivity contribution in [3.63, 3.8) is 0 Å². The first-order chi connectivity index (χ1) is 10.7. The number of rotatable bonds is 5. The largest absolute Gasteiger partial charge is 0.385 e. The molecule has 3 rings (SSSR count). The number of nitrogens with one attached hydrogen (secondary N) is 2. The van der Waals surface area contributed by atoms with Gasteiger partial charge in [0, 0.05) is 19.3 Å². The molecule has 22 heavy (non-hydrogen) atoms. The second-order valence-corrected chi connectivity index (χ2v) is 5.97. The van der Waals surface area contributed by atoms with Gasteiger partial charge in [0.2, 0.25) is 5.91 Å². The smallest absolute Gasteiger partial charge is 0.224 e. The fourth-order valence-electron chi connectivity index (χ4n) is 3.07. The predicted octanol–water partition coefficient (Wildman–Crippen LogP) is 2.80. The van der Waals surface area contributed by atoms with Crippen LogP contribution in [-0.4, -0.2) is 19.5 Å². The molecule has 0 aliphatic heterocycles. The van der Waals surface area contributed by atoms with Gasteiger partial charge in [0.05, 0.1) is 6.42 Å². The number of anilines is 1. The van der Waals surface area contributed by atoms with E-state index < -0.39 is 0 Å². The molecule has 0 atom stereocenters. The number of hydrogen-bond acceptors (Lipinski definition) is 2. The minimum atomic E-state index is 0.0458. The number of carbonyl (C=O) groups is 1. The molecular weight excluding hydrogens is 272 g/mol. The Morgan fingerprint density at radius 2 is 1.68 bits per heavy atom. The molecule has 3 nitrogen and oxygen atoms in total. The zero-order chi connectivity index (χ0) is 15.4. The Hall–Kier alpha value is -2.29. The maximum atomic E-state index is 11.3. The zero-order valence-corrected chi connectivity index (χ0v) is 12.9. The molecule has 114 valence electrons. The third-order valence-corrected chi connectivity index (χ3v) is 4.33. The highest BCUT2D eigenvalue weighted by molar-refractivity contribution is 5.78. The Kier molecular flexibility index (Phi) is 4.42. The van der Waals surface area contributed by atoms with E-state index in [1.807, 2.05) is 12.1 Å². The summed E-state index contributed by atoms with van der Waals surface area (Å²) in [7, 11) is 1.66. The third-order valence-electron chi connectivity index (χ3n) is 4.33. The number of fused-ring (bicyclic) bond motifs is 1. The zero-order valence-electron chi connectivity index (χ0n) is 12.9. The van der Waals surface area contributed by atoms with E-state index in [4.69, 9.17) is 0 Å². The Labute approximate surface area is 131 Å². The molecule has 0 radical (unpaired) electrons. The van der Waals surface area contributed by atoms with Crippen LogP contribution in [0.2, 0.25) is 0 Å². The molecule has 2 aromatic carbocycles. The van der Waals surface area contributed by atoms with Crippen LogP contribution in [0.1, 0.15) is 16.7 Å². The lowest BCUT2D eigenvalue weighted by atomic mass is 10.1. The summed E-state index contributed by atoms with van der Waals surface area (Å²) in [4.78, 5) is 11.3. The molecule has 0 heterocycles. The minimum absolute atomic E-state index is 0.0458. The van der Waals surface area contributed by atoms with Gasteiger partial charge in [-0.15, -0.1) is 0 Å². The van der Waals surface area contributed by atoms with Gasteiger partial charge in [-0.2, -0.15) is 0 Å². The molecule has 0 saturated heterocycles. The van der Waals surface area contributed by atoms with Crippen molar-refractivity contribution in [1.82, 2.24) is 5.32 Å². The number of carbonyl (C=O) groups excluding carboxylic acids is 1. The molecular formula is C19H22N2O. The van der Waals surface area contributed by atoms with Gasteiger partial charge in [-0.1, -0.05) is 36.4 Å². The van der Waals surface area contributed by atoms with Crippen LogP contribution in [0.25, 0.3) is 0 Å². The van der Waals surface area contributed by atoms with Gasteiger partial charge < -0.3 is 10.6 Å². The summed E-state index contributed by atoms with van der Waals surface area (Å²) >= 11 is 0. The molecule has 0 fully saturated rings. The molecule has 3 heteroatoms. The maximum Gasteiger partial charge on any atom is 0.224 e. The Morgan fingerprint density at radius 3 is 2.27 bits per heavy atom. The fourth-order valence-corrected chi connectivity index (χ4v) is 3.07. The van der Waals surface area contributed by atoms with Gasteiger partial charge in [-0.25, -0.2) is 0 Å². The summed E-state index contributed by atoms with van der Waals surface area (Å²) in [5.41, 5.74) is 5.15. The highest BCUT2D eigenvalue weighted by atomic mass is 16.1. The van der Waals surface area contributed by atoms with Gasteiger partial charge in [0.1, 0.15) is 0 Å². The van der Waals surface area contributed by atoms with Crippen molar-refractivity contribution in [1.29, 1.82) is 0 Å². The highest BCUT2D eigenvalue weighted by Gasteiger charge is 2.20. The van der Waals surface area contributed by atoms with E-state index in [2.05, 4.69) is 47.0 Å². The van der Waals surface area contributed by atoms with Crippen LogP contribution in [0.5, 0.6) is 0 Å². The molecule has 2 aromatic rings. The average molecular weight is 294 g/mol. The van der Waals surface area contributed by atoms with Gasteiger partial charge in [0.25, 0.3) is 0 Å². The summed E-state index contributed by atoms with van der Waals surface area (Å²) in [6.45, 7) is 0.990. The normalized spacial score (nSPS) is 13.7. The standard InChI is InChI=1S/C19H22N2O/c1-20-19(22)12-14-6-8-18(9-7-14)21-13-15-10-16-4-2-3-5-17(16)11-15/h2-9,15,21H,10-13H2,1H3,(H,20,22). The minimum Gasteiger partial charge on any atom is -0.385 e. The van der Waals surface area contributed by atoms with Crippen LogP contribution in [0.15, 0.2) is 48.5 Å². The number of amides is 1. The molecule has 0 spiro atoms. The van der Waals surface area contributed by atoms with Crippen molar-refractivity contribution in [3.05, 3.63) is 65.2 Å². The van der Waals surface area contributed by atoms with Gasteiger partial charge >= 0.3 is 0 Å². The van der Waals surface area contributed by atoms with Crippen LogP contribution in [-0.2, 0) is 24.1 Å². The molecule has 1 amide bonds. The number of likely N-dealkylation sites (N-methyl/N-ethyl adjacent to an activating group) is 1. The Balaban J connectivity index is 1.51. The molecule has 1 aliphatic rings. The van der Waals surface area contributed by atoms with Crippen LogP contribution >= 0.6 is 0 Å². The average Bonchev–Trinajstić information content (AvgIpc) is 2.97. The first-order valence-corrected chi connectivity index (χ1v) is 7.85. The lowest BCUT2D eigenvalue weighted by molar-refractivity contribution is -0.119. The van der Waals surface area contributed by atoms with Crippen molar-refractivity contribution in [3.8, 4) is 0 Å². The van der Waals surface area contributed by atoms with Crippen LogP contribution in [0, 0.1) is 5.92 Å². The van der Waals surface area contributed by atoms with E-state index in [9.17, 15) is 4.79 Å². The van der Waals surface area contributed by atoms with E-state index in [0.29, 0.717) is 12.3 Å². The van der Waals surface area contributed by atoms with Crippen LogP contribution in [0.3, 0.4) is 0 Å². The van der Waals surface area contributed by atoms with E-state index >= 15 is 0 Å². The summed E-state index contributed by atoms with van der Waals surface area (Å²) in [6, 6.07) is 16.9. The monoisotopic (exact) mass is 294 g/mol. The maximum absolute atomic E-state index is 11.3. The first-order valence-electron chi connectivity index (χ1n) is 7.85. The lowest BCUT2D eigenvalue weighted by Gasteiger charge is -2.12. The van der Waals surface area contributed by atoms with Crippen molar-refractivity contribution in [2.45, 2.75) is 19.3 Å². The van der Waals surface area contributed by atoms with Gasteiger partial charge in [-0.3, -0.25) is 4.79 Å².